The summed E-state index contributed by atoms with van der Waals surface area (Å²) < 4.78 is 7.60. The maximum absolute atomic E-state index is 9.37. The third-order valence-corrected chi connectivity index (χ3v) is 2.89. The van der Waals surface area contributed by atoms with Gasteiger partial charge in [0.2, 0.25) is 0 Å². The second kappa shape index (κ2) is 6.98. The summed E-state index contributed by atoms with van der Waals surface area (Å²) in [4.78, 5) is 0. The molecule has 1 aromatic heterocycles. The summed E-state index contributed by atoms with van der Waals surface area (Å²) >= 11 is 0. The van der Waals surface area contributed by atoms with E-state index in [2.05, 4.69) is 5.32 Å². The van der Waals surface area contributed by atoms with Crippen molar-refractivity contribution >= 4 is 5.69 Å². The molecule has 1 atom stereocenters. The number of ether oxygens (including phenoxy) is 1. The van der Waals surface area contributed by atoms with Crippen LogP contribution < -0.4 is 10.1 Å². The minimum absolute atomic E-state index is 0.255. The summed E-state index contributed by atoms with van der Waals surface area (Å²) in [6, 6.07) is 9.64. The highest BCUT2D eigenvalue weighted by Gasteiger charge is 2.08. The van der Waals surface area contributed by atoms with Crippen molar-refractivity contribution in [2.45, 2.75) is 13.0 Å². The summed E-state index contributed by atoms with van der Waals surface area (Å²) in [6.07, 6.45) is 3.13. The predicted octanol–water partition coefficient (Wildman–Crippen LogP) is 1.64. The van der Waals surface area contributed by atoms with E-state index in [0.717, 1.165) is 17.1 Å². The first-order valence-corrected chi connectivity index (χ1v) is 6.67. The zero-order valence-electron chi connectivity index (χ0n) is 11.5. The van der Waals surface area contributed by atoms with E-state index in [0.29, 0.717) is 13.2 Å². The largest absolute Gasteiger partial charge is 0.492 e. The molecule has 2 rings (SSSR count). The van der Waals surface area contributed by atoms with E-state index in [1.165, 1.54) is 0 Å². The number of nitrogens with zero attached hydrogens (tertiary/aromatic N) is 1. The lowest BCUT2D eigenvalue weighted by atomic mass is 10.2. The van der Waals surface area contributed by atoms with Crippen molar-refractivity contribution in [3.63, 3.8) is 0 Å². The van der Waals surface area contributed by atoms with Crippen LogP contribution in [0.15, 0.2) is 42.7 Å². The van der Waals surface area contributed by atoms with Gasteiger partial charge in [0.1, 0.15) is 5.75 Å². The molecule has 0 amide bonds. The maximum Gasteiger partial charge on any atom is 0.143 e. The number of nitrogens with one attached hydrogen (secondary N) is 1. The monoisotopic (exact) mass is 276 g/mol. The molecule has 1 aromatic carbocycles. The first-order chi connectivity index (χ1) is 9.74. The van der Waals surface area contributed by atoms with Gasteiger partial charge in [-0.15, -0.1) is 0 Å². The Balaban J connectivity index is 2.22. The summed E-state index contributed by atoms with van der Waals surface area (Å²) in [7, 11) is 0. The molecule has 5 nitrogen and oxygen atoms in total. The van der Waals surface area contributed by atoms with Crippen molar-refractivity contribution in [2.24, 2.45) is 0 Å². The Morgan fingerprint density at radius 2 is 2.05 bits per heavy atom. The Hall–Kier alpha value is -1.98. The van der Waals surface area contributed by atoms with Crippen molar-refractivity contribution in [3.05, 3.63) is 42.7 Å². The van der Waals surface area contributed by atoms with Crippen molar-refractivity contribution in [2.75, 3.05) is 25.1 Å². The number of benzene rings is 1. The number of aromatic nitrogens is 1. The number of aliphatic hydroxyl groups excluding tert-OH is 2. The predicted molar refractivity (Wildman–Crippen MR) is 78.5 cm³/mol. The van der Waals surface area contributed by atoms with E-state index in [-0.39, 0.29) is 6.61 Å². The number of anilines is 1. The Bertz CT molecular complexity index is 526. The minimum atomic E-state index is -0.767. The van der Waals surface area contributed by atoms with Gasteiger partial charge in [-0.3, -0.25) is 0 Å². The lowest BCUT2D eigenvalue weighted by molar-refractivity contribution is 0.105. The number of hydrogen-bond acceptors (Lipinski definition) is 4. The van der Waals surface area contributed by atoms with Crippen LogP contribution in [0, 0.1) is 0 Å². The normalized spacial score (nSPS) is 12.2. The van der Waals surface area contributed by atoms with Gasteiger partial charge in [0, 0.05) is 24.6 Å². The van der Waals surface area contributed by atoms with E-state index < -0.39 is 6.10 Å². The highest BCUT2D eigenvalue weighted by Crippen LogP contribution is 2.26. The van der Waals surface area contributed by atoms with Crippen LogP contribution in [0.4, 0.5) is 5.69 Å². The van der Waals surface area contributed by atoms with Gasteiger partial charge in [0.25, 0.3) is 0 Å². The summed E-state index contributed by atoms with van der Waals surface area (Å²) in [5.41, 5.74) is 1.80. The van der Waals surface area contributed by atoms with Gasteiger partial charge in [-0.1, -0.05) is 0 Å². The van der Waals surface area contributed by atoms with Crippen LogP contribution >= 0.6 is 0 Å². The van der Waals surface area contributed by atoms with Gasteiger partial charge in [-0.2, -0.15) is 0 Å². The molecule has 20 heavy (non-hydrogen) atoms. The zero-order chi connectivity index (χ0) is 14.4. The van der Waals surface area contributed by atoms with Crippen molar-refractivity contribution in [1.82, 2.24) is 4.57 Å². The van der Waals surface area contributed by atoms with Crippen molar-refractivity contribution in [1.29, 1.82) is 0 Å². The van der Waals surface area contributed by atoms with Crippen LogP contribution in [0.5, 0.6) is 5.75 Å². The molecule has 2 aromatic rings. The number of rotatable bonds is 7. The molecule has 0 radical (unpaired) electrons. The smallest absolute Gasteiger partial charge is 0.143 e. The van der Waals surface area contributed by atoms with Crippen LogP contribution in [-0.2, 0) is 0 Å². The van der Waals surface area contributed by atoms with Gasteiger partial charge < -0.3 is 24.8 Å². The lowest BCUT2D eigenvalue weighted by Gasteiger charge is -2.15. The van der Waals surface area contributed by atoms with E-state index in [9.17, 15) is 5.11 Å². The topological polar surface area (TPSA) is 66.7 Å². The van der Waals surface area contributed by atoms with Gasteiger partial charge in [0.15, 0.2) is 0 Å². The molecule has 0 spiro atoms. The van der Waals surface area contributed by atoms with E-state index >= 15 is 0 Å². The fourth-order valence-electron chi connectivity index (χ4n) is 1.90. The fourth-order valence-corrected chi connectivity index (χ4v) is 1.90. The highest BCUT2D eigenvalue weighted by molar-refractivity contribution is 5.58. The third-order valence-electron chi connectivity index (χ3n) is 2.89. The molecule has 5 heteroatoms. The molecule has 108 valence electrons. The fraction of sp³-hybridized carbons (Fsp3) is 0.333. The van der Waals surface area contributed by atoms with Crippen LogP contribution in [-0.4, -0.2) is 40.6 Å². The van der Waals surface area contributed by atoms with Crippen molar-refractivity contribution in [3.8, 4) is 11.4 Å². The van der Waals surface area contributed by atoms with Crippen LogP contribution in [0.1, 0.15) is 6.92 Å². The second-order valence-electron chi connectivity index (χ2n) is 4.42. The van der Waals surface area contributed by atoms with Crippen LogP contribution in [0.25, 0.3) is 5.69 Å². The van der Waals surface area contributed by atoms with Crippen LogP contribution in [0.2, 0.25) is 0 Å². The molecule has 0 saturated carbocycles. The number of aliphatic hydroxyl groups is 2. The lowest BCUT2D eigenvalue weighted by Crippen LogP contribution is -2.22. The van der Waals surface area contributed by atoms with Gasteiger partial charge in [0.05, 0.1) is 25.0 Å². The highest BCUT2D eigenvalue weighted by atomic mass is 16.5. The summed E-state index contributed by atoms with van der Waals surface area (Å²) in [6.45, 7) is 2.59. The molecule has 1 unspecified atom stereocenters. The number of hydrogen-bond donors (Lipinski definition) is 3. The van der Waals surface area contributed by atoms with Crippen LogP contribution in [0.3, 0.4) is 0 Å². The van der Waals surface area contributed by atoms with Gasteiger partial charge >= 0.3 is 0 Å². The Morgan fingerprint density at radius 3 is 2.70 bits per heavy atom. The Morgan fingerprint density at radius 1 is 1.30 bits per heavy atom. The molecule has 0 bridgehead atoms. The first kappa shape index (κ1) is 14.4. The molecular weight excluding hydrogens is 256 g/mol. The molecule has 3 N–H and O–H groups in total. The Kier molecular flexibility index (Phi) is 5.03. The third kappa shape index (κ3) is 3.53. The standard InChI is InChI=1S/C15H20N2O3/c1-2-20-15-6-5-12(16-10-13(19)11-18)9-14(15)17-7-3-4-8-17/h3-9,13,16,18-19H,2,10-11H2,1H3. The van der Waals surface area contributed by atoms with Gasteiger partial charge in [-0.05, 0) is 37.3 Å². The molecule has 0 fully saturated rings. The SMILES string of the molecule is CCOc1ccc(NCC(O)CO)cc1-n1cccc1. The molecule has 0 aliphatic carbocycles. The first-order valence-electron chi connectivity index (χ1n) is 6.67. The molecule has 0 aliphatic heterocycles. The molecule has 1 heterocycles. The van der Waals surface area contributed by atoms with E-state index in [4.69, 9.17) is 9.84 Å². The summed E-state index contributed by atoms with van der Waals surface area (Å²) in [5.74, 6) is 0.803. The average molecular weight is 276 g/mol. The maximum atomic E-state index is 9.37. The molecule has 0 saturated heterocycles. The molecule has 0 aliphatic rings. The average Bonchev–Trinajstić information content (AvgIpc) is 3.00. The molecular formula is C15H20N2O3. The van der Waals surface area contributed by atoms with E-state index in [1.807, 2.05) is 54.2 Å². The second-order valence-corrected chi connectivity index (χ2v) is 4.42. The quantitative estimate of drug-likeness (QED) is 0.719. The Labute approximate surface area is 118 Å². The van der Waals surface area contributed by atoms with E-state index in [1.54, 1.807) is 0 Å². The van der Waals surface area contributed by atoms with Gasteiger partial charge in [-0.25, -0.2) is 0 Å². The summed E-state index contributed by atoms with van der Waals surface area (Å²) in [5, 5.41) is 21.3. The van der Waals surface area contributed by atoms with Crippen molar-refractivity contribution < 1.29 is 14.9 Å². The minimum Gasteiger partial charge on any atom is -0.492 e. The zero-order valence-corrected chi connectivity index (χ0v) is 11.5.